The molecular weight excluding hydrogens is 282 g/mol. The topological polar surface area (TPSA) is 60.2 Å². The number of rotatable bonds is 6. The molecular formula is C13H16ClN3OS. The Morgan fingerprint density at radius 3 is 2.89 bits per heavy atom. The van der Waals surface area contributed by atoms with Crippen molar-refractivity contribution in [3.63, 3.8) is 0 Å². The van der Waals surface area contributed by atoms with E-state index < -0.39 is 0 Å². The number of nitrogens with one attached hydrogen (secondary N) is 1. The van der Waals surface area contributed by atoms with Crippen LogP contribution in [-0.2, 0) is 6.54 Å². The third-order valence-corrected chi connectivity index (χ3v) is 3.64. The normalized spacial score (nSPS) is 10.4. The zero-order valence-electron chi connectivity index (χ0n) is 10.6. The van der Waals surface area contributed by atoms with Gasteiger partial charge in [0, 0.05) is 4.88 Å². The van der Waals surface area contributed by atoms with E-state index in [1.54, 1.807) is 17.4 Å². The second-order valence-corrected chi connectivity index (χ2v) is 5.80. The van der Waals surface area contributed by atoms with Crippen LogP contribution in [0.3, 0.4) is 0 Å². The maximum Gasteiger partial charge on any atom is 0.239 e. The molecule has 0 aliphatic carbocycles. The number of hydrogen-bond donors (Lipinski definition) is 2. The third kappa shape index (κ3) is 4.01. The molecule has 0 radical (unpaired) electrons. The Kier molecular flexibility index (Phi) is 4.87. The maximum atomic E-state index is 5.88. The Hall–Kier alpha value is -1.46. The smallest absolute Gasteiger partial charge is 0.239 e. The fraction of sp³-hybridized carbons (Fsp3) is 0.308. The summed E-state index contributed by atoms with van der Waals surface area (Å²) < 4.78 is 6.27. The number of aromatic nitrogens is 1. The first-order valence-corrected chi connectivity index (χ1v) is 7.26. The fourth-order valence-electron chi connectivity index (χ4n) is 1.49. The molecule has 2 aromatic rings. The molecule has 19 heavy (non-hydrogen) atoms. The van der Waals surface area contributed by atoms with Crippen LogP contribution in [0, 0.1) is 0 Å². The van der Waals surface area contributed by atoms with Crippen molar-refractivity contribution in [1.29, 1.82) is 0 Å². The summed E-state index contributed by atoms with van der Waals surface area (Å²) in [5, 5.41) is 3.22. The SMILES string of the molecule is CCCOc1nc(NCc2ccc(Cl)s2)ccc1N. The highest BCUT2D eigenvalue weighted by Gasteiger charge is 2.05. The molecule has 2 heterocycles. The van der Waals surface area contributed by atoms with Gasteiger partial charge in [-0.05, 0) is 30.7 Å². The number of halogens is 1. The Morgan fingerprint density at radius 1 is 1.37 bits per heavy atom. The van der Waals surface area contributed by atoms with E-state index in [0.717, 1.165) is 21.5 Å². The van der Waals surface area contributed by atoms with Crippen LogP contribution in [0.4, 0.5) is 11.5 Å². The standard InChI is InChI=1S/C13H16ClN3OS/c1-2-7-18-13-10(15)4-6-12(17-13)16-8-9-3-5-11(14)19-9/h3-6H,2,7-8,15H2,1H3,(H,16,17). The molecule has 6 heteroatoms. The molecule has 0 fully saturated rings. The lowest BCUT2D eigenvalue weighted by Crippen LogP contribution is -2.05. The van der Waals surface area contributed by atoms with Crippen molar-refractivity contribution in [2.24, 2.45) is 0 Å². The van der Waals surface area contributed by atoms with Gasteiger partial charge in [0.2, 0.25) is 5.88 Å². The van der Waals surface area contributed by atoms with Gasteiger partial charge in [0.1, 0.15) is 5.82 Å². The predicted molar refractivity (Wildman–Crippen MR) is 81.1 cm³/mol. The van der Waals surface area contributed by atoms with Crippen LogP contribution in [-0.4, -0.2) is 11.6 Å². The minimum Gasteiger partial charge on any atom is -0.476 e. The second-order valence-electron chi connectivity index (χ2n) is 4.00. The molecule has 0 aliphatic heterocycles. The lowest BCUT2D eigenvalue weighted by molar-refractivity contribution is 0.307. The van der Waals surface area contributed by atoms with Gasteiger partial charge in [-0.25, -0.2) is 0 Å². The molecule has 0 bridgehead atoms. The lowest BCUT2D eigenvalue weighted by atomic mass is 10.4. The molecule has 0 spiro atoms. The predicted octanol–water partition coefficient (Wildman–Crippen LogP) is 3.78. The second kappa shape index (κ2) is 6.63. The minimum absolute atomic E-state index is 0.482. The average Bonchev–Trinajstić information content (AvgIpc) is 2.82. The van der Waals surface area contributed by atoms with Crippen molar-refractivity contribution in [2.45, 2.75) is 19.9 Å². The van der Waals surface area contributed by atoms with Crippen LogP contribution < -0.4 is 15.8 Å². The molecule has 0 atom stereocenters. The summed E-state index contributed by atoms with van der Waals surface area (Å²) >= 11 is 7.43. The van der Waals surface area contributed by atoms with Gasteiger partial charge in [0.05, 0.1) is 23.2 Å². The van der Waals surface area contributed by atoms with Crippen LogP contribution in [0.1, 0.15) is 18.2 Å². The first-order valence-electron chi connectivity index (χ1n) is 6.06. The largest absolute Gasteiger partial charge is 0.476 e. The van der Waals surface area contributed by atoms with Crippen LogP contribution in [0.5, 0.6) is 5.88 Å². The maximum absolute atomic E-state index is 5.88. The monoisotopic (exact) mass is 297 g/mol. The molecule has 0 amide bonds. The molecule has 0 aromatic carbocycles. The van der Waals surface area contributed by atoms with Crippen molar-refractivity contribution >= 4 is 34.4 Å². The van der Waals surface area contributed by atoms with E-state index in [0.29, 0.717) is 24.7 Å². The molecule has 4 nitrogen and oxygen atoms in total. The Balaban J connectivity index is 2.00. The van der Waals surface area contributed by atoms with Crippen LogP contribution in [0.25, 0.3) is 0 Å². The van der Waals surface area contributed by atoms with Gasteiger partial charge in [-0.2, -0.15) is 4.98 Å². The number of nitrogens with two attached hydrogens (primary N) is 1. The third-order valence-electron chi connectivity index (χ3n) is 2.41. The Labute approximate surface area is 121 Å². The average molecular weight is 298 g/mol. The summed E-state index contributed by atoms with van der Waals surface area (Å²) in [5.74, 6) is 1.22. The molecule has 2 rings (SSSR count). The number of anilines is 2. The first kappa shape index (κ1) is 14.0. The van der Waals surface area contributed by atoms with E-state index in [4.69, 9.17) is 22.1 Å². The molecule has 0 saturated carbocycles. The zero-order chi connectivity index (χ0) is 13.7. The summed E-state index contributed by atoms with van der Waals surface area (Å²) in [6.07, 6.45) is 0.923. The van der Waals surface area contributed by atoms with Crippen LogP contribution in [0.15, 0.2) is 24.3 Å². The Bertz CT molecular complexity index is 544. The van der Waals surface area contributed by atoms with Crippen LogP contribution in [0.2, 0.25) is 4.34 Å². The Morgan fingerprint density at radius 2 is 2.21 bits per heavy atom. The number of nitrogens with zero attached hydrogens (tertiary/aromatic N) is 1. The van der Waals surface area contributed by atoms with Gasteiger partial charge in [0.15, 0.2) is 0 Å². The lowest BCUT2D eigenvalue weighted by Gasteiger charge is -2.09. The van der Waals surface area contributed by atoms with E-state index in [1.807, 2.05) is 25.1 Å². The van der Waals surface area contributed by atoms with E-state index >= 15 is 0 Å². The molecule has 0 aliphatic rings. The highest BCUT2D eigenvalue weighted by Crippen LogP contribution is 2.24. The zero-order valence-corrected chi connectivity index (χ0v) is 12.2. The van der Waals surface area contributed by atoms with E-state index in [-0.39, 0.29) is 0 Å². The molecule has 102 valence electrons. The van der Waals surface area contributed by atoms with Gasteiger partial charge < -0.3 is 15.8 Å². The summed E-state index contributed by atoms with van der Waals surface area (Å²) in [7, 11) is 0. The van der Waals surface area contributed by atoms with Gasteiger partial charge in [-0.15, -0.1) is 11.3 Å². The first-order chi connectivity index (χ1) is 9.19. The number of pyridine rings is 1. The molecule has 3 N–H and O–H groups in total. The summed E-state index contributed by atoms with van der Waals surface area (Å²) in [4.78, 5) is 5.50. The van der Waals surface area contributed by atoms with Gasteiger partial charge in [0.25, 0.3) is 0 Å². The van der Waals surface area contributed by atoms with Gasteiger partial charge >= 0.3 is 0 Å². The molecule has 0 unspecified atom stereocenters. The van der Waals surface area contributed by atoms with Gasteiger partial charge in [-0.3, -0.25) is 0 Å². The fourth-order valence-corrected chi connectivity index (χ4v) is 2.52. The molecule has 0 saturated heterocycles. The van der Waals surface area contributed by atoms with Crippen molar-refractivity contribution in [3.05, 3.63) is 33.5 Å². The minimum atomic E-state index is 0.482. The van der Waals surface area contributed by atoms with Crippen LogP contribution >= 0.6 is 22.9 Å². The van der Waals surface area contributed by atoms with Crippen molar-refractivity contribution < 1.29 is 4.74 Å². The number of nitrogen functional groups attached to an aromatic ring is 1. The summed E-state index contributed by atoms with van der Waals surface area (Å²) in [5.41, 5.74) is 6.36. The van der Waals surface area contributed by atoms with Gasteiger partial charge in [-0.1, -0.05) is 18.5 Å². The van der Waals surface area contributed by atoms with E-state index in [1.165, 1.54) is 0 Å². The number of thiophene rings is 1. The van der Waals surface area contributed by atoms with Crippen molar-refractivity contribution in [3.8, 4) is 5.88 Å². The number of hydrogen-bond acceptors (Lipinski definition) is 5. The highest BCUT2D eigenvalue weighted by atomic mass is 35.5. The highest BCUT2D eigenvalue weighted by molar-refractivity contribution is 7.16. The van der Waals surface area contributed by atoms with E-state index in [2.05, 4.69) is 10.3 Å². The molecule has 2 aromatic heterocycles. The van der Waals surface area contributed by atoms with Crippen molar-refractivity contribution in [1.82, 2.24) is 4.98 Å². The van der Waals surface area contributed by atoms with Crippen molar-refractivity contribution in [2.75, 3.05) is 17.7 Å². The van der Waals surface area contributed by atoms with E-state index in [9.17, 15) is 0 Å². The quantitative estimate of drug-likeness (QED) is 0.852. The summed E-state index contributed by atoms with van der Waals surface area (Å²) in [6.45, 7) is 3.33. The number of ether oxygens (including phenoxy) is 1. The summed E-state index contributed by atoms with van der Waals surface area (Å²) in [6, 6.07) is 7.51.